The summed E-state index contributed by atoms with van der Waals surface area (Å²) in [5, 5.41) is 0. The Kier molecular flexibility index (Phi) is 3.51. The summed E-state index contributed by atoms with van der Waals surface area (Å²) in [5.74, 6) is 0.481. The van der Waals surface area contributed by atoms with Crippen molar-refractivity contribution in [3.63, 3.8) is 0 Å². The minimum absolute atomic E-state index is 0.206. The number of hydrogen-bond acceptors (Lipinski definition) is 2. The van der Waals surface area contributed by atoms with Crippen molar-refractivity contribution in [3.8, 4) is 5.75 Å². The molecule has 2 aromatic rings. The van der Waals surface area contributed by atoms with Gasteiger partial charge >= 0.3 is 0 Å². The molecule has 2 aromatic carbocycles. The van der Waals surface area contributed by atoms with Crippen LogP contribution in [0.4, 0.5) is 10.1 Å². The smallest absolute Gasteiger partial charge is 0.131 e. The van der Waals surface area contributed by atoms with Crippen LogP contribution in [-0.2, 0) is 6.61 Å². The van der Waals surface area contributed by atoms with Crippen molar-refractivity contribution < 1.29 is 9.13 Å². The minimum Gasteiger partial charge on any atom is -0.488 e. The highest BCUT2D eigenvalue weighted by atomic mass is 19.1. The highest BCUT2D eigenvalue weighted by Gasteiger charge is 2.06. The summed E-state index contributed by atoms with van der Waals surface area (Å²) in [5.41, 5.74) is 8.52. The second-order valence-electron chi connectivity index (χ2n) is 4.36. The van der Waals surface area contributed by atoms with Gasteiger partial charge in [-0.15, -0.1) is 0 Å². The standard InChI is InChI=1S/C15H16FNO/c1-10-4-3-5-11(2)15(10)18-9-12-6-7-13(17)8-14(12)16/h3-8H,9,17H2,1-2H3. The average Bonchev–Trinajstić information content (AvgIpc) is 2.31. The van der Waals surface area contributed by atoms with Crippen LogP contribution in [0.5, 0.6) is 5.75 Å². The Labute approximate surface area is 106 Å². The predicted molar refractivity (Wildman–Crippen MR) is 71.1 cm³/mol. The van der Waals surface area contributed by atoms with Crippen LogP contribution in [0.25, 0.3) is 0 Å². The third-order valence-corrected chi connectivity index (χ3v) is 2.86. The monoisotopic (exact) mass is 245 g/mol. The van der Waals surface area contributed by atoms with E-state index in [9.17, 15) is 4.39 Å². The van der Waals surface area contributed by atoms with E-state index in [1.807, 2.05) is 32.0 Å². The SMILES string of the molecule is Cc1cccc(C)c1OCc1ccc(N)cc1F. The molecule has 0 atom stereocenters. The zero-order valence-corrected chi connectivity index (χ0v) is 10.5. The fraction of sp³-hybridized carbons (Fsp3) is 0.200. The third kappa shape index (κ3) is 2.62. The lowest BCUT2D eigenvalue weighted by molar-refractivity contribution is 0.296. The van der Waals surface area contributed by atoms with Crippen molar-refractivity contribution in [1.82, 2.24) is 0 Å². The molecule has 2 N–H and O–H groups in total. The van der Waals surface area contributed by atoms with Crippen molar-refractivity contribution in [3.05, 3.63) is 58.9 Å². The van der Waals surface area contributed by atoms with E-state index in [2.05, 4.69) is 0 Å². The molecule has 0 aromatic heterocycles. The predicted octanol–water partition coefficient (Wildman–Crippen LogP) is 3.60. The van der Waals surface area contributed by atoms with E-state index in [0.717, 1.165) is 16.9 Å². The maximum Gasteiger partial charge on any atom is 0.131 e. The minimum atomic E-state index is -0.332. The van der Waals surface area contributed by atoms with Gasteiger partial charge in [-0.05, 0) is 37.1 Å². The summed E-state index contributed by atoms with van der Waals surface area (Å²) >= 11 is 0. The van der Waals surface area contributed by atoms with Gasteiger partial charge in [-0.25, -0.2) is 4.39 Å². The van der Waals surface area contributed by atoms with Crippen LogP contribution < -0.4 is 10.5 Å². The Morgan fingerprint density at radius 2 is 1.78 bits per heavy atom. The molecule has 0 bridgehead atoms. The van der Waals surface area contributed by atoms with Crippen molar-refractivity contribution in [2.24, 2.45) is 0 Å². The quantitative estimate of drug-likeness (QED) is 0.838. The average molecular weight is 245 g/mol. The molecule has 18 heavy (non-hydrogen) atoms. The second-order valence-corrected chi connectivity index (χ2v) is 4.36. The largest absolute Gasteiger partial charge is 0.488 e. The van der Waals surface area contributed by atoms with Crippen LogP contribution in [0.15, 0.2) is 36.4 Å². The van der Waals surface area contributed by atoms with Crippen LogP contribution in [0.1, 0.15) is 16.7 Å². The Morgan fingerprint density at radius 1 is 1.11 bits per heavy atom. The number of anilines is 1. The summed E-state index contributed by atoms with van der Waals surface area (Å²) < 4.78 is 19.3. The van der Waals surface area contributed by atoms with Crippen molar-refractivity contribution in [1.29, 1.82) is 0 Å². The highest BCUT2D eigenvalue weighted by molar-refractivity contribution is 5.42. The fourth-order valence-corrected chi connectivity index (χ4v) is 1.86. The van der Waals surface area contributed by atoms with Gasteiger partial charge in [0.2, 0.25) is 0 Å². The molecule has 94 valence electrons. The van der Waals surface area contributed by atoms with E-state index >= 15 is 0 Å². The Morgan fingerprint density at radius 3 is 2.39 bits per heavy atom. The summed E-state index contributed by atoms with van der Waals surface area (Å²) in [7, 11) is 0. The first-order valence-electron chi connectivity index (χ1n) is 5.81. The van der Waals surface area contributed by atoms with Crippen LogP contribution >= 0.6 is 0 Å². The first-order valence-corrected chi connectivity index (χ1v) is 5.81. The van der Waals surface area contributed by atoms with Gasteiger partial charge in [0.05, 0.1) is 0 Å². The molecule has 0 radical (unpaired) electrons. The molecule has 0 fully saturated rings. The molecule has 2 rings (SSSR count). The number of nitrogens with two attached hydrogens (primary N) is 1. The van der Waals surface area contributed by atoms with E-state index < -0.39 is 0 Å². The number of benzene rings is 2. The third-order valence-electron chi connectivity index (χ3n) is 2.86. The van der Waals surface area contributed by atoms with Crippen molar-refractivity contribution >= 4 is 5.69 Å². The van der Waals surface area contributed by atoms with Crippen LogP contribution in [-0.4, -0.2) is 0 Å². The lowest BCUT2D eigenvalue weighted by atomic mass is 10.1. The molecule has 0 spiro atoms. The van der Waals surface area contributed by atoms with Gasteiger partial charge in [0.15, 0.2) is 0 Å². The van der Waals surface area contributed by atoms with Gasteiger partial charge in [0.1, 0.15) is 18.2 Å². The number of rotatable bonds is 3. The topological polar surface area (TPSA) is 35.2 Å². The molecular formula is C15H16FNO. The van der Waals surface area contributed by atoms with Crippen LogP contribution in [0.2, 0.25) is 0 Å². The van der Waals surface area contributed by atoms with Gasteiger partial charge in [-0.2, -0.15) is 0 Å². The maximum absolute atomic E-state index is 13.6. The van der Waals surface area contributed by atoms with Gasteiger partial charge in [0, 0.05) is 11.3 Å². The first-order chi connectivity index (χ1) is 8.58. The summed E-state index contributed by atoms with van der Waals surface area (Å²) in [6.45, 7) is 4.15. The summed E-state index contributed by atoms with van der Waals surface area (Å²) in [4.78, 5) is 0. The number of nitrogen functional groups attached to an aromatic ring is 1. The van der Waals surface area contributed by atoms with E-state index in [1.165, 1.54) is 6.07 Å². The molecular weight excluding hydrogens is 229 g/mol. The molecule has 0 heterocycles. The molecule has 0 saturated heterocycles. The zero-order valence-electron chi connectivity index (χ0n) is 10.5. The lowest BCUT2D eigenvalue weighted by Gasteiger charge is -2.12. The number of aryl methyl sites for hydroxylation is 2. The van der Waals surface area contributed by atoms with Crippen molar-refractivity contribution in [2.45, 2.75) is 20.5 Å². The van der Waals surface area contributed by atoms with E-state index in [0.29, 0.717) is 11.3 Å². The second kappa shape index (κ2) is 5.08. The number of hydrogen-bond donors (Lipinski definition) is 1. The number of halogens is 1. The van der Waals surface area contributed by atoms with Gasteiger partial charge in [-0.3, -0.25) is 0 Å². The molecule has 2 nitrogen and oxygen atoms in total. The Balaban J connectivity index is 2.16. The molecule has 3 heteroatoms. The Hall–Kier alpha value is -2.03. The zero-order chi connectivity index (χ0) is 13.1. The molecule has 0 aliphatic heterocycles. The van der Waals surface area contributed by atoms with Crippen LogP contribution in [0, 0.1) is 19.7 Å². The van der Waals surface area contributed by atoms with Gasteiger partial charge < -0.3 is 10.5 Å². The highest BCUT2D eigenvalue weighted by Crippen LogP contribution is 2.24. The van der Waals surface area contributed by atoms with E-state index in [4.69, 9.17) is 10.5 Å². The molecule has 0 unspecified atom stereocenters. The van der Waals surface area contributed by atoms with Crippen molar-refractivity contribution in [2.75, 3.05) is 5.73 Å². The lowest BCUT2D eigenvalue weighted by Crippen LogP contribution is -2.01. The maximum atomic E-state index is 13.6. The fourth-order valence-electron chi connectivity index (χ4n) is 1.86. The molecule has 0 amide bonds. The Bertz CT molecular complexity index is 546. The molecule has 0 aliphatic carbocycles. The number of para-hydroxylation sites is 1. The van der Waals surface area contributed by atoms with E-state index in [1.54, 1.807) is 12.1 Å². The van der Waals surface area contributed by atoms with Gasteiger partial charge in [-0.1, -0.05) is 24.3 Å². The van der Waals surface area contributed by atoms with Gasteiger partial charge in [0.25, 0.3) is 0 Å². The summed E-state index contributed by atoms with van der Waals surface area (Å²) in [6.07, 6.45) is 0. The van der Waals surface area contributed by atoms with E-state index in [-0.39, 0.29) is 12.4 Å². The molecule has 0 saturated carbocycles. The normalized spacial score (nSPS) is 10.4. The molecule has 0 aliphatic rings. The summed E-state index contributed by atoms with van der Waals surface area (Å²) in [6, 6.07) is 10.6. The first kappa shape index (κ1) is 12.4. The van der Waals surface area contributed by atoms with Crippen LogP contribution in [0.3, 0.4) is 0 Å². The number of ether oxygens (including phenoxy) is 1.